The fraction of sp³-hybridized carbons (Fsp3) is 0.643. The van der Waals surface area contributed by atoms with Gasteiger partial charge in [0, 0.05) is 24.6 Å². The van der Waals surface area contributed by atoms with Gasteiger partial charge in [-0.3, -0.25) is 4.68 Å². The SMILES string of the molecule is Cc1cc(C)n(CCc2nc(C3CC3)nn2CC(F)(F)F)n1. The molecule has 2 aromatic heterocycles. The maximum Gasteiger partial charge on any atom is 0.408 e. The molecule has 0 aliphatic heterocycles. The van der Waals surface area contributed by atoms with E-state index in [1.165, 1.54) is 0 Å². The van der Waals surface area contributed by atoms with Gasteiger partial charge in [0.2, 0.25) is 0 Å². The summed E-state index contributed by atoms with van der Waals surface area (Å²) in [6.07, 6.45) is -1.97. The monoisotopic (exact) mass is 313 g/mol. The van der Waals surface area contributed by atoms with Gasteiger partial charge in [-0.25, -0.2) is 9.67 Å². The zero-order chi connectivity index (χ0) is 15.9. The summed E-state index contributed by atoms with van der Waals surface area (Å²) in [6, 6.07) is 1.94. The van der Waals surface area contributed by atoms with Gasteiger partial charge >= 0.3 is 6.18 Å². The number of halogens is 3. The van der Waals surface area contributed by atoms with Gasteiger partial charge in [-0.1, -0.05) is 0 Å². The molecule has 0 amide bonds. The lowest BCUT2D eigenvalue weighted by atomic mass is 10.3. The minimum atomic E-state index is -4.29. The van der Waals surface area contributed by atoms with Crippen LogP contribution in [0.25, 0.3) is 0 Å². The largest absolute Gasteiger partial charge is 0.408 e. The zero-order valence-corrected chi connectivity index (χ0v) is 12.6. The van der Waals surface area contributed by atoms with Gasteiger partial charge in [0.25, 0.3) is 0 Å². The van der Waals surface area contributed by atoms with E-state index in [9.17, 15) is 13.2 Å². The Morgan fingerprint density at radius 2 is 1.91 bits per heavy atom. The second-order valence-corrected chi connectivity index (χ2v) is 5.83. The van der Waals surface area contributed by atoms with Crippen molar-refractivity contribution < 1.29 is 13.2 Å². The van der Waals surface area contributed by atoms with Crippen molar-refractivity contribution in [1.29, 1.82) is 0 Å². The summed E-state index contributed by atoms with van der Waals surface area (Å²) in [4.78, 5) is 4.32. The van der Waals surface area contributed by atoms with Gasteiger partial charge in [0.15, 0.2) is 5.82 Å². The highest BCUT2D eigenvalue weighted by Crippen LogP contribution is 2.38. The van der Waals surface area contributed by atoms with Gasteiger partial charge in [0.05, 0.1) is 5.69 Å². The lowest BCUT2D eigenvalue weighted by Gasteiger charge is -2.09. The molecule has 2 heterocycles. The number of hydrogen-bond donors (Lipinski definition) is 0. The second kappa shape index (κ2) is 5.40. The molecule has 0 radical (unpaired) electrons. The van der Waals surface area contributed by atoms with E-state index in [-0.39, 0.29) is 5.92 Å². The van der Waals surface area contributed by atoms with Crippen LogP contribution in [0.4, 0.5) is 13.2 Å². The molecule has 0 unspecified atom stereocenters. The van der Waals surface area contributed by atoms with E-state index in [1.807, 2.05) is 19.9 Å². The third-order valence-corrected chi connectivity index (χ3v) is 3.69. The number of hydrogen-bond acceptors (Lipinski definition) is 3. The summed E-state index contributed by atoms with van der Waals surface area (Å²) in [5, 5.41) is 8.37. The fourth-order valence-corrected chi connectivity index (χ4v) is 2.50. The first kappa shape index (κ1) is 15.1. The lowest BCUT2D eigenvalue weighted by molar-refractivity contribution is -0.143. The Morgan fingerprint density at radius 3 is 2.45 bits per heavy atom. The Labute approximate surface area is 126 Å². The van der Waals surface area contributed by atoms with Crippen molar-refractivity contribution in [3.63, 3.8) is 0 Å². The fourth-order valence-electron chi connectivity index (χ4n) is 2.50. The minimum absolute atomic E-state index is 0.238. The third-order valence-electron chi connectivity index (χ3n) is 3.69. The highest BCUT2D eigenvalue weighted by atomic mass is 19.4. The molecule has 1 aliphatic carbocycles. The molecule has 0 atom stereocenters. The lowest BCUT2D eigenvalue weighted by Crippen LogP contribution is -2.21. The van der Waals surface area contributed by atoms with Crippen LogP contribution in [0.15, 0.2) is 6.07 Å². The predicted molar refractivity (Wildman–Crippen MR) is 73.5 cm³/mol. The van der Waals surface area contributed by atoms with Crippen molar-refractivity contribution in [2.75, 3.05) is 0 Å². The van der Waals surface area contributed by atoms with Crippen LogP contribution >= 0.6 is 0 Å². The molecule has 2 aromatic rings. The van der Waals surface area contributed by atoms with E-state index in [4.69, 9.17) is 0 Å². The molecule has 120 valence electrons. The van der Waals surface area contributed by atoms with Crippen LogP contribution in [0.1, 0.15) is 41.8 Å². The van der Waals surface area contributed by atoms with Crippen molar-refractivity contribution in [2.45, 2.75) is 58.3 Å². The summed E-state index contributed by atoms with van der Waals surface area (Å²) in [5.74, 6) is 1.17. The van der Waals surface area contributed by atoms with Crippen LogP contribution < -0.4 is 0 Å². The summed E-state index contributed by atoms with van der Waals surface area (Å²) in [6.45, 7) is 3.23. The Morgan fingerprint density at radius 1 is 1.18 bits per heavy atom. The highest BCUT2D eigenvalue weighted by Gasteiger charge is 2.33. The van der Waals surface area contributed by atoms with Gasteiger partial charge in [-0.15, -0.1) is 0 Å². The van der Waals surface area contributed by atoms with Crippen molar-refractivity contribution in [3.05, 3.63) is 29.1 Å². The Kier molecular flexibility index (Phi) is 3.70. The maximum absolute atomic E-state index is 12.7. The molecule has 0 bridgehead atoms. The Bertz CT molecular complexity index is 667. The third kappa shape index (κ3) is 3.48. The molecular formula is C14H18F3N5. The highest BCUT2D eigenvalue weighted by molar-refractivity contribution is 5.08. The second-order valence-electron chi connectivity index (χ2n) is 5.83. The number of alkyl halides is 3. The first-order valence-corrected chi connectivity index (χ1v) is 7.33. The van der Waals surface area contributed by atoms with Crippen molar-refractivity contribution in [3.8, 4) is 0 Å². The van der Waals surface area contributed by atoms with Crippen LogP contribution in [0.3, 0.4) is 0 Å². The average Bonchev–Trinajstić information content (AvgIpc) is 3.09. The molecule has 0 saturated heterocycles. The molecule has 8 heteroatoms. The van der Waals surface area contributed by atoms with Crippen molar-refractivity contribution >= 4 is 0 Å². The first-order chi connectivity index (χ1) is 10.3. The van der Waals surface area contributed by atoms with E-state index >= 15 is 0 Å². The molecule has 22 heavy (non-hydrogen) atoms. The van der Waals surface area contributed by atoms with E-state index < -0.39 is 12.7 Å². The molecule has 1 saturated carbocycles. The predicted octanol–water partition coefficient (Wildman–Crippen LogP) is 2.77. The molecule has 1 fully saturated rings. The van der Waals surface area contributed by atoms with Crippen LogP contribution in [0.2, 0.25) is 0 Å². The Balaban J connectivity index is 1.77. The zero-order valence-electron chi connectivity index (χ0n) is 12.6. The Hall–Kier alpha value is -1.86. The standard InChI is InChI=1S/C14H18F3N5/c1-9-7-10(2)21(19-9)6-5-12-18-13(11-3-4-11)20-22(12)8-14(15,16)17/h7,11H,3-6,8H2,1-2H3. The van der Waals surface area contributed by atoms with Crippen molar-refractivity contribution in [1.82, 2.24) is 24.5 Å². The topological polar surface area (TPSA) is 48.5 Å². The van der Waals surface area contributed by atoms with Crippen LogP contribution in [-0.2, 0) is 19.5 Å². The molecule has 0 N–H and O–H groups in total. The van der Waals surface area contributed by atoms with Gasteiger partial charge < -0.3 is 0 Å². The van der Waals surface area contributed by atoms with E-state index in [0.29, 0.717) is 24.6 Å². The normalized spacial score (nSPS) is 15.5. The van der Waals surface area contributed by atoms with Gasteiger partial charge in [0.1, 0.15) is 12.4 Å². The van der Waals surface area contributed by atoms with Gasteiger partial charge in [-0.05, 0) is 32.8 Å². The van der Waals surface area contributed by atoms with E-state index in [0.717, 1.165) is 28.9 Å². The van der Waals surface area contributed by atoms with Crippen LogP contribution in [0, 0.1) is 13.8 Å². The van der Waals surface area contributed by atoms with E-state index in [2.05, 4.69) is 15.2 Å². The molecule has 5 nitrogen and oxygen atoms in total. The minimum Gasteiger partial charge on any atom is -0.269 e. The molecular weight excluding hydrogens is 295 g/mol. The number of aryl methyl sites for hydroxylation is 4. The molecule has 0 aromatic carbocycles. The molecule has 1 aliphatic rings. The summed E-state index contributed by atoms with van der Waals surface area (Å²) in [5.41, 5.74) is 1.88. The van der Waals surface area contributed by atoms with Crippen LogP contribution in [-0.4, -0.2) is 30.7 Å². The molecule has 3 rings (SSSR count). The van der Waals surface area contributed by atoms with Gasteiger partial charge in [-0.2, -0.15) is 23.4 Å². The summed E-state index contributed by atoms with van der Waals surface area (Å²) >= 11 is 0. The quantitative estimate of drug-likeness (QED) is 0.853. The first-order valence-electron chi connectivity index (χ1n) is 7.33. The summed E-state index contributed by atoms with van der Waals surface area (Å²) in [7, 11) is 0. The number of rotatable bonds is 5. The number of aromatic nitrogens is 5. The van der Waals surface area contributed by atoms with E-state index in [1.54, 1.807) is 4.68 Å². The molecule has 0 spiro atoms. The van der Waals surface area contributed by atoms with Crippen LogP contribution in [0.5, 0.6) is 0 Å². The van der Waals surface area contributed by atoms with Crippen molar-refractivity contribution in [2.24, 2.45) is 0 Å². The smallest absolute Gasteiger partial charge is 0.269 e. The summed E-state index contributed by atoms with van der Waals surface area (Å²) < 4.78 is 40.8. The number of nitrogens with zero attached hydrogens (tertiary/aromatic N) is 5. The maximum atomic E-state index is 12.7. The average molecular weight is 313 g/mol.